The van der Waals surface area contributed by atoms with E-state index < -0.39 is 11.5 Å². The summed E-state index contributed by atoms with van der Waals surface area (Å²) < 4.78 is 5.23. The third-order valence-corrected chi connectivity index (χ3v) is 4.22. The Hall–Kier alpha value is -2.40. The number of anilines is 1. The second-order valence-electron chi connectivity index (χ2n) is 5.69. The van der Waals surface area contributed by atoms with Gasteiger partial charge in [-0.3, -0.25) is 9.59 Å². The van der Waals surface area contributed by atoms with Gasteiger partial charge in [0.2, 0.25) is 0 Å². The van der Waals surface area contributed by atoms with E-state index in [0.29, 0.717) is 28.1 Å². The van der Waals surface area contributed by atoms with Gasteiger partial charge in [0.1, 0.15) is 5.76 Å². The van der Waals surface area contributed by atoms with Crippen LogP contribution in [0.1, 0.15) is 33.7 Å². The van der Waals surface area contributed by atoms with Crippen LogP contribution in [0.3, 0.4) is 0 Å². The molecule has 2 aromatic rings. The summed E-state index contributed by atoms with van der Waals surface area (Å²) in [7, 11) is 1.60. The first kappa shape index (κ1) is 14.5. The van der Waals surface area contributed by atoms with Crippen LogP contribution in [0, 0.1) is 13.8 Å². The lowest BCUT2D eigenvalue weighted by atomic mass is 9.87. The predicted octanol–water partition coefficient (Wildman–Crippen LogP) is 2.33. The van der Waals surface area contributed by atoms with Crippen molar-refractivity contribution in [3.63, 3.8) is 0 Å². The fraction of sp³-hybridized carbons (Fsp3) is 0.294. The molecule has 1 unspecified atom stereocenters. The molecule has 1 atom stereocenters. The van der Waals surface area contributed by atoms with Gasteiger partial charge in [-0.25, -0.2) is 0 Å². The van der Waals surface area contributed by atoms with Crippen LogP contribution in [0.25, 0.3) is 0 Å². The number of carbonyl (C=O) groups is 2. The summed E-state index contributed by atoms with van der Waals surface area (Å²) in [6.45, 7) is 3.46. The van der Waals surface area contributed by atoms with E-state index in [0.717, 1.165) is 0 Å². The molecule has 0 aliphatic carbocycles. The Morgan fingerprint density at radius 1 is 1.32 bits per heavy atom. The molecule has 0 saturated carbocycles. The van der Waals surface area contributed by atoms with Crippen molar-refractivity contribution in [3.8, 4) is 0 Å². The quantitative estimate of drug-likeness (QED) is 0.883. The van der Waals surface area contributed by atoms with E-state index in [1.807, 2.05) is 0 Å². The second-order valence-corrected chi connectivity index (χ2v) is 5.69. The highest BCUT2D eigenvalue weighted by Gasteiger charge is 2.49. The highest BCUT2D eigenvalue weighted by atomic mass is 16.3. The number of likely N-dealkylation sites (N-methyl/N-ethyl adjacent to an activating group) is 1. The number of para-hydroxylation sites is 1. The van der Waals surface area contributed by atoms with Crippen LogP contribution in [0.4, 0.5) is 5.69 Å². The number of hydrogen-bond donors (Lipinski definition) is 1. The topological polar surface area (TPSA) is 70.7 Å². The summed E-state index contributed by atoms with van der Waals surface area (Å²) >= 11 is 0. The molecule has 114 valence electrons. The Morgan fingerprint density at radius 2 is 2.00 bits per heavy atom. The Morgan fingerprint density at radius 3 is 2.64 bits per heavy atom. The van der Waals surface area contributed by atoms with Crippen molar-refractivity contribution in [2.45, 2.75) is 25.9 Å². The number of carbonyl (C=O) groups excluding carboxylic acids is 2. The fourth-order valence-corrected chi connectivity index (χ4v) is 3.10. The van der Waals surface area contributed by atoms with Gasteiger partial charge in [-0.15, -0.1) is 0 Å². The third-order valence-electron chi connectivity index (χ3n) is 4.22. The van der Waals surface area contributed by atoms with E-state index in [4.69, 9.17) is 4.42 Å². The van der Waals surface area contributed by atoms with Gasteiger partial charge in [-0.05, 0) is 25.5 Å². The van der Waals surface area contributed by atoms with Crippen LogP contribution in [0.5, 0.6) is 0 Å². The van der Waals surface area contributed by atoms with E-state index in [2.05, 4.69) is 0 Å². The number of benzene rings is 1. The summed E-state index contributed by atoms with van der Waals surface area (Å²) in [5.74, 6) is -0.288. The summed E-state index contributed by atoms with van der Waals surface area (Å²) in [5.41, 5.74) is 0.419. The fourth-order valence-electron chi connectivity index (χ4n) is 3.10. The summed E-state index contributed by atoms with van der Waals surface area (Å²) in [6, 6.07) is 6.97. The first-order valence-electron chi connectivity index (χ1n) is 7.04. The zero-order valence-electron chi connectivity index (χ0n) is 12.7. The number of aliphatic hydroxyl groups is 1. The summed E-state index contributed by atoms with van der Waals surface area (Å²) in [5, 5.41) is 10.9. The number of furan rings is 1. The third kappa shape index (κ3) is 1.89. The van der Waals surface area contributed by atoms with Crippen molar-refractivity contribution in [2.75, 3.05) is 11.9 Å². The maximum Gasteiger partial charge on any atom is 0.263 e. The standard InChI is InChI=1S/C17H17NO4/c1-10-9-22-11(2)15(10)14(19)8-17(21)12-6-4-5-7-13(12)18(3)16(17)20/h4-7,9,21H,8H2,1-3H3. The van der Waals surface area contributed by atoms with Crippen molar-refractivity contribution in [1.82, 2.24) is 0 Å². The number of aryl methyl sites for hydroxylation is 2. The van der Waals surface area contributed by atoms with Gasteiger partial charge < -0.3 is 14.4 Å². The molecule has 1 amide bonds. The van der Waals surface area contributed by atoms with E-state index in [9.17, 15) is 14.7 Å². The number of amides is 1. The molecule has 2 heterocycles. The Bertz CT molecular complexity index is 757. The summed E-state index contributed by atoms with van der Waals surface area (Å²) in [6.07, 6.45) is 1.21. The van der Waals surface area contributed by atoms with Gasteiger partial charge in [-0.2, -0.15) is 0 Å². The Labute approximate surface area is 128 Å². The molecule has 0 spiro atoms. The zero-order valence-corrected chi connectivity index (χ0v) is 12.7. The van der Waals surface area contributed by atoms with Gasteiger partial charge in [0.25, 0.3) is 5.91 Å². The number of rotatable bonds is 3. The minimum absolute atomic E-state index is 0.297. The van der Waals surface area contributed by atoms with Crippen molar-refractivity contribution in [2.24, 2.45) is 0 Å². The van der Waals surface area contributed by atoms with Crippen LogP contribution in [0.15, 0.2) is 34.9 Å². The first-order chi connectivity index (χ1) is 10.4. The molecule has 22 heavy (non-hydrogen) atoms. The molecule has 5 nitrogen and oxygen atoms in total. The van der Waals surface area contributed by atoms with Gasteiger partial charge in [0.05, 0.1) is 23.9 Å². The maximum atomic E-state index is 12.6. The van der Waals surface area contributed by atoms with Gasteiger partial charge >= 0.3 is 0 Å². The minimum atomic E-state index is -1.82. The van der Waals surface area contributed by atoms with Crippen molar-refractivity contribution in [1.29, 1.82) is 0 Å². The van der Waals surface area contributed by atoms with Gasteiger partial charge in [-0.1, -0.05) is 18.2 Å². The van der Waals surface area contributed by atoms with Crippen LogP contribution >= 0.6 is 0 Å². The molecule has 5 heteroatoms. The van der Waals surface area contributed by atoms with Crippen LogP contribution in [-0.4, -0.2) is 23.8 Å². The first-order valence-corrected chi connectivity index (χ1v) is 7.04. The smallest absolute Gasteiger partial charge is 0.263 e. The molecule has 3 rings (SSSR count). The average molecular weight is 299 g/mol. The number of hydrogen-bond acceptors (Lipinski definition) is 4. The molecule has 0 saturated heterocycles. The molecule has 1 aromatic carbocycles. The highest BCUT2D eigenvalue weighted by molar-refractivity contribution is 6.10. The zero-order chi connectivity index (χ0) is 16.1. The molecule has 1 aliphatic heterocycles. The van der Waals surface area contributed by atoms with Crippen LogP contribution < -0.4 is 4.90 Å². The van der Waals surface area contributed by atoms with E-state index >= 15 is 0 Å². The number of nitrogens with zero attached hydrogens (tertiary/aromatic N) is 1. The highest BCUT2D eigenvalue weighted by Crippen LogP contribution is 2.42. The van der Waals surface area contributed by atoms with Gasteiger partial charge in [0.15, 0.2) is 11.4 Å². The van der Waals surface area contributed by atoms with Crippen LogP contribution in [0.2, 0.25) is 0 Å². The molecular formula is C17H17NO4. The molecule has 0 fully saturated rings. The molecule has 0 bridgehead atoms. The second kappa shape index (κ2) is 4.81. The molecule has 1 N–H and O–H groups in total. The predicted molar refractivity (Wildman–Crippen MR) is 80.9 cm³/mol. The normalized spacial score (nSPS) is 20.4. The molecular weight excluding hydrogens is 282 g/mol. The lowest BCUT2D eigenvalue weighted by Gasteiger charge is -2.21. The molecule has 1 aromatic heterocycles. The largest absolute Gasteiger partial charge is 0.469 e. The van der Waals surface area contributed by atoms with Crippen molar-refractivity contribution >= 4 is 17.4 Å². The molecule has 0 radical (unpaired) electrons. The SMILES string of the molecule is Cc1coc(C)c1C(=O)CC1(O)C(=O)N(C)c2ccccc21. The number of fused-ring (bicyclic) bond motifs is 1. The lowest BCUT2D eigenvalue weighted by Crippen LogP contribution is -2.40. The van der Waals surface area contributed by atoms with Gasteiger partial charge in [0, 0.05) is 12.6 Å². The van der Waals surface area contributed by atoms with Crippen molar-refractivity contribution < 1.29 is 19.1 Å². The van der Waals surface area contributed by atoms with Crippen LogP contribution in [-0.2, 0) is 10.4 Å². The molecule has 1 aliphatic rings. The number of ketones is 1. The lowest BCUT2D eigenvalue weighted by molar-refractivity contribution is -0.135. The Kier molecular flexibility index (Phi) is 3.18. The van der Waals surface area contributed by atoms with E-state index in [1.54, 1.807) is 45.2 Å². The monoisotopic (exact) mass is 299 g/mol. The minimum Gasteiger partial charge on any atom is -0.469 e. The maximum absolute atomic E-state index is 12.6. The van der Waals surface area contributed by atoms with Crippen molar-refractivity contribution in [3.05, 3.63) is 53.0 Å². The van der Waals surface area contributed by atoms with E-state index in [-0.39, 0.29) is 12.2 Å². The summed E-state index contributed by atoms with van der Waals surface area (Å²) in [4.78, 5) is 26.4. The number of Topliss-reactive ketones (excluding diaryl/α,β-unsaturated/α-hetero) is 1. The average Bonchev–Trinajstić information content (AvgIpc) is 2.92. The van der Waals surface area contributed by atoms with E-state index in [1.165, 1.54) is 11.2 Å². The Balaban J connectivity index is 2.01.